The van der Waals surface area contributed by atoms with Gasteiger partial charge in [-0.1, -0.05) is 19.1 Å². The Morgan fingerprint density at radius 1 is 1.13 bits per heavy atom. The fourth-order valence-electron chi connectivity index (χ4n) is 3.75. The molecule has 7 nitrogen and oxygen atoms in total. The highest BCUT2D eigenvalue weighted by Crippen LogP contribution is 2.27. The Bertz CT molecular complexity index is 1180. The summed E-state index contributed by atoms with van der Waals surface area (Å²) in [5.41, 5.74) is 2.32. The van der Waals surface area contributed by atoms with Crippen LogP contribution in [0.25, 0.3) is 11.0 Å². The minimum Gasteiger partial charge on any atom is -0.497 e. The molecule has 7 heteroatoms. The molecular formula is C24H23NO6. The molecule has 1 aliphatic heterocycles. The summed E-state index contributed by atoms with van der Waals surface area (Å²) in [6, 6.07) is 14.2. The summed E-state index contributed by atoms with van der Waals surface area (Å²) in [5.74, 6) is -0.564. The normalized spacial score (nSPS) is 16.0. The molecule has 0 unspecified atom stereocenters. The lowest BCUT2D eigenvalue weighted by Gasteiger charge is -2.17. The first kappa shape index (κ1) is 20.7. The molecule has 0 bridgehead atoms. The van der Waals surface area contributed by atoms with Crippen molar-refractivity contribution in [3.05, 3.63) is 70.1 Å². The molecule has 160 valence electrons. The Morgan fingerprint density at radius 2 is 1.90 bits per heavy atom. The molecule has 3 aromatic rings. The highest BCUT2D eigenvalue weighted by molar-refractivity contribution is 5.99. The Kier molecular flexibility index (Phi) is 5.75. The van der Waals surface area contributed by atoms with E-state index in [1.54, 1.807) is 23.1 Å². The molecule has 1 fully saturated rings. The van der Waals surface area contributed by atoms with Gasteiger partial charge in [0.15, 0.2) is 0 Å². The van der Waals surface area contributed by atoms with Crippen molar-refractivity contribution in [3.63, 3.8) is 0 Å². The minimum atomic E-state index is -0.551. The molecule has 0 saturated carbocycles. The zero-order chi connectivity index (χ0) is 22.0. The molecule has 2 heterocycles. The van der Waals surface area contributed by atoms with Crippen LogP contribution in [0.3, 0.4) is 0 Å². The Balaban J connectivity index is 1.45. The van der Waals surface area contributed by atoms with Crippen molar-refractivity contribution in [1.82, 2.24) is 0 Å². The number of rotatable bonds is 6. The van der Waals surface area contributed by atoms with Gasteiger partial charge in [-0.3, -0.25) is 9.59 Å². The monoisotopic (exact) mass is 421 g/mol. The average molecular weight is 421 g/mol. The molecular weight excluding hydrogens is 398 g/mol. The van der Waals surface area contributed by atoms with Crippen LogP contribution in [0.1, 0.15) is 24.5 Å². The van der Waals surface area contributed by atoms with E-state index in [1.807, 2.05) is 24.3 Å². The molecule has 4 rings (SSSR count). The highest BCUT2D eigenvalue weighted by Gasteiger charge is 2.36. The van der Waals surface area contributed by atoms with E-state index in [-0.39, 0.29) is 25.5 Å². The second kappa shape index (κ2) is 8.63. The predicted molar refractivity (Wildman–Crippen MR) is 115 cm³/mol. The van der Waals surface area contributed by atoms with E-state index in [1.165, 1.54) is 18.7 Å². The van der Waals surface area contributed by atoms with Gasteiger partial charge in [0.25, 0.3) is 0 Å². The number of hydrogen-bond acceptors (Lipinski definition) is 6. The van der Waals surface area contributed by atoms with Crippen LogP contribution < -0.4 is 15.3 Å². The number of ether oxygens (including phenoxy) is 2. The lowest BCUT2D eigenvalue weighted by Crippen LogP contribution is -2.26. The summed E-state index contributed by atoms with van der Waals surface area (Å²) in [6.45, 7) is 2.26. The van der Waals surface area contributed by atoms with Gasteiger partial charge in [-0.15, -0.1) is 0 Å². The number of nitrogens with zero attached hydrogens (tertiary/aromatic N) is 1. The van der Waals surface area contributed by atoms with Crippen molar-refractivity contribution >= 4 is 28.5 Å². The van der Waals surface area contributed by atoms with E-state index in [2.05, 4.69) is 6.92 Å². The molecule has 1 saturated heterocycles. The van der Waals surface area contributed by atoms with Gasteiger partial charge >= 0.3 is 11.6 Å². The van der Waals surface area contributed by atoms with Crippen LogP contribution >= 0.6 is 0 Å². The number of amides is 1. The number of carbonyl (C=O) groups excluding carboxylic acids is 2. The van der Waals surface area contributed by atoms with E-state index < -0.39 is 17.5 Å². The number of hydrogen-bond donors (Lipinski definition) is 0. The van der Waals surface area contributed by atoms with Crippen LogP contribution in [-0.4, -0.2) is 25.5 Å². The van der Waals surface area contributed by atoms with Crippen molar-refractivity contribution in [3.8, 4) is 5.75 Å². The molecule has 0 spiro atoms. The van der Waals surface area contributed by atoms with Crippen molar-refractivity contribution in [2.24, 2.45) is 5.92 Å². The summed E-state index contributed by atoms with van der Waals surface area (Å²) in [7, 11) is 1.52. The van der Waals surface area contributed by atoms with Crippen LogP contribution in [0.4, 0.5) is 5.69 Å². The van der Waals surface area contributed by atoms with E-state index in [9.17, 15) is 14.4 Å². The molecule has 1 atom stereocenters. The van der Waals surface area contributed by atoms with Crippen molar-refractivity contribution in [2.45, 2.75) is 26.4 Å². The van der Waals surface area contributed by atoms with Crippen LogP contribution in [0.2, 0.25) is 0 Å². The summed E-state index contributed by atoms with van der Waals surface area (Å²) in [4.78, 5) is 38.6. The Morgan fingerprint density at radius 3 is 2.61 bits per heavy atom. The molecule has 1 aromatic heterocycles. The van der Waals surface area contributed by atoms with Gasteiger partial charge in [0.05, 0.1) is 13.0 Å². The van der Waals surface area contributed by atoms with Gasteiger partial charge in [-0.25, -0.2) is 4.79 Å². The van der Waals surface area contributed by atoms with E-state index in [4.69, 9.17) is 13.9 Å². The third kappa shape index (κ3) is 4.30. The lowest BCUT2D eigenvalue weighted by molar-refractivity contribution is -0.149. The molecule has 1 amide bonds. The van der Waals surface area contributed by atoms with Crippen molar-refractivity contribution in [1.29, 1.82) is 0 Å². The first-order valence-electron chi connectivity index (χ1n) is 10.1. The summed E-state index contributed by atoms with van der Waals surface area (Å²) < 4.78 is 15.8. The summed E-state index contributed by atoms with van der Waals surface area (Å²) in [6.07, 6.45) is 1.02. The van der Waals surface area contributed by atoms with Crippen molar-refractivity contribution in [2.75, 3.05) is 18.6 Å². The zero-order valence-corrected chi connectivity index (χ0v) is 17.4. The summed E-state index contributed by atoms with van der Waals surface area (Å²) >= 11 is 0. The highest BCUT2D eigenvalue weighted by atomic mass is 16.5. The molecule has 0 aliphatic carbocycles. The maximum atomic E-state index is 12.6. The number of methoxy groups -OCH3 is 1. The van der Waals surface area contributed by atoms with Crippen LogP contribution in [-0.2, 0) is 27.4 Å². The maximum Gasteiger partial charge on any atom is 0.336 e. The first-order chi connectivity index (χ1) is 15.0. The van der Waals surface area contributed by atoms with Crippen molar-refractivity contribution < 1.29 is 23.5 Å². The minimum absolute atomic E-state index is 0.0802. The maximum absolute atomic E-state index is 12.6. The smallest absolute Gasteiger partial charge is 0.336 e. The second-order valence-corrected chi connectivity index (χ2v) is 7.49. The fourth-order valence-corrected chi connectivity index (χ4v) is 3.75. The van der Waals surface area contributed by atoms with E-state index >= 15 is 0 Å². The van der Waals surface area contributed by atoms with Crippen LogP contribution in [0.5, 0.6) is 5.75 Å². The molecule has 0 radical (unpaired) electrons. The summed E-state index contributed by atoms with van der Waals surface area (Å²) in [5, 5.41) is 0.660. The van der Waals surface area contributed by atoms with Gasteiger partial charge in [-0.2, -0.15) is 0 Å². The quantitative estimate of drug-likeness (QED) is 0.448. The SMILES string of the molecule is CCc1ccc(N2C[C@H](C(=O)OCc3cc(=O)oc4cc(OC)ccc34)CC2=O)cc1. The number of benzene rings is 2. The zero-order valence-electron chi connectivity index (χ0n) is 17.4. The van der Waals surface area contributed by atoms with Gasteiger partial charge in [0.1, 0.15) is 17.9 Å². The topological polar surface area (TPSA) is 86.1 Å². The number of anilines is 1. The average Bonchev–Trinajstić information content (AvgIpc) is 3.18. The molecule has 1 aliphatic rings. The van der Waals surface area contributed by atoms with Crippen LogP contribution in [0.15, 0.2) is 57.7 Å². The number of fused-ring (bicyclic) bond motifs is 1. The second-order valence-electron chi connectivity index (χ2n) is 7.49. The Hall–Kier alpha value is -3.61. The Labute approximate surface area is 179 Å². The standard InChI is InChI=1S/C24H23NO6/c1-3-15-4-6-18(7-5-15)25-13-16(10-22(25)26)24(28)30-14-17-11-23(27)31-21-12-19(29-2)8-9-20(17)21/h4-9,11-12,16H,3,10,13-14H2,1-2H3/t16-/m1/s1. The van der Waals surface area contributed by atoms with Gasteiger partial charge in [-0.05, 0) is 36.2 Å². The van der Waals surface area contributed by atoms with E-state index in [0.717, 1.165) is 12.1 Å². The molecule has 0 N–H and O–H groups in total. The fraction of sp³-hybridized carbons (Fsp3) is 0.292. The largest absolute Gasteiger partial charge is 0.497 e. The molecule has 2 aromatic carbocycles. The van der Waals surface area contributed by atoms with Crippen LogP contribution in [0, 0.1) is 5.92 Å². The van der Waals surface area contributed by atoms with Gasteiger partial charge in [0, 0.05) is 41.7 Å². The van der Waals surface area contributed by atoms with E-state index in [0.29, 0.717) is 22.3 Å². The first-order valence-corrected chi connectivity index (χ1v) is 10.1. The van der Waals surface area contributed by atoms with Gasteiger partial charge < -0.3 is 18.8 Å². The number of aryl methyl sites for hydroxylation is 1. The predicted octanol–water partition coefficient (Wildman–Crippen LogP) is 3.46. The lowest BCUT2D eigenvalue weighted by atomic mass is 10.1. The molecule has 31 heavy (non-hydrogen) atoms. The number of carbonyl (C=O) groups is 2. The van der Waals surface area contributed by atoms with Gasteiger partial charge in [0.2, 0.25) is 5.91 Å². The number of esters is 1. The third-order valence-corrected chi connectivity index (χ3v) is 5.52. The third-order valence-electron chi connectivity index (χ3n) is 5.52.